The zero-order valence-corrected chi connectivity index (χ0v) is 14.1. The van der Waals surface area contributed by atoms with Crippen LogP contribution in [0, 0.1) is 5.92 Å². The average Bonchev–Trinajstić information content (AvgIpc) is 3.11. The highest BCUT2D eigenvalue weighted by Crippen LogP contribution is 2.31. The van der Waals surface area contributed by atoms with Crippen LogP contribution >= 0.6 is 0 Å². The van der Waals surface area contributed by atoms with Crippen molar-refractivity contribution in [1.82, 2.24) is 20.6 Å². The van der Waals surface area contributed by atoms with Crippen LogP contribution in [0.15, 0.2) is 42.7 Å². The molecule has 1 aliphatic rings. The number of nitrogens with one attached hydrogen (secondary N) is 2. The van der Waals surface area contributed by atoms with E-state index in [2.05, 4.69) is 20.6 Å². The molecule has 138 valence electrons. The molecular formula is C18H19F3N4O. The van der Waals surface area contributed by atoms with Gasteiger partial charge < -0.3 is 10.6 Å². The lowest BCUT2D eigenvalue weighted by Gasteiger charge is -2.21. The maximum Gasteiger partial charge on any atom is 0.433 e. The molecule has 0 bridgehead atoms. The standard InChI is InChI=1S/C18H19F3N4O/c1-11(15-4-2-3-7-23-15)25-17(26)14-10-22-9-13(14)12-5-6-16(24-8-12)18(19,20)21/h2-8,11,13-14,22H,9-10H2,1H3,(H,25,26). The van der Waals surface area contributed by atoms with Crippen molar-refractivity contribution < 1.29 is 18.0 Å². The van der Waals surface area contributed by atoms with Gasteiger partial charge in [-0.15, -0.1) is 0 Å². The molecule has 1 saturated heterocycles. The summed E-state index contributed by atoms with van der Waals surface area (Å²) in [6.07, 6.45) is -1.60. The second kappa shape index (κ2) is 7.41. The summed E-state index contributed by atoms with van der Waals surface area (Å²) in [7, 11) is 0. The van der Waals surface area contributed by atoms with Crippen LogP contribution in [0.2, 0.25) is 0 Å². The third-order valence-electron chi connectivity index (χ3n) is 4.55. The SMILES string of the molecule is CC(NC(=O)C1CNCC1c1ccc(C(F)(F)F)nc1)c1ccccn1. The fraction of sp³-hybridized carbons (Fsp3) is 0.389. The number of carbonyl (C=O) groups is 1. The number of aromatic nitrogens is 2. The number of carbonyl (C=O) groups excluding carboxylic acids is 1. The summed E-state index contributed by atoms with van der Waals surface area (Å²) >= 11 is 0. The first-order valence-corrected chi connectivity index (χ1v) is 8.31. The van der Waals surface area contributed by atoms with E-state index in [1.54, 1.807) is 12.3 Å². The van der Waals surface area contributed by atoms with E-state index in [1.807, 2.05) is 19.1 Å². The Morgan fingerprint density at radius 3 is 2.65 bits per heavy atom. The zero-order valence-electron chi connectivity index (χ0n) is 14.1. The fourth-order valence-corrected chi connectivity index (χ4v) is 3.12. The molecule has 0 radical (unpaired) electrons. The molecule has 3 unspecified atom stereocenters. The minimum Gasteiger partial charge on any atom is -0.348 e. The van der Waals surface area contributed by atoms with Gasteiger partial charge in [0.2, 0.25) is 5.91 Å². The van der Waals surface area contributed by atoms with Crippen molar-refractivity contribution in [3.63, 3.8) is 0 Å². The number of hydrogen-bond acceptors (Lipinski definition) is 4. The first-order chi connectivity index (χ1) is 12.4. The molecule has 5 nitrogen and oxygen atoms in total. The Bertz CT molecular complexity index is 749. The summed E-state index contributed by atoms with van der Waals surface area (Å²) in [6, 6.07) is 7.57. The molecule has 3 atom stereocenters. The lowest BCUT2D eigenvalue weighted by atomic mass is 9.89. The Hall–Kier alpha value is -2.48. The Kier molecular flexibility index (Phi) is 5.22. The number of pyridine rings is 2. The van der Waals surface area contributed by atoms with Crippen LogP contribution in [0.5, 0.6) is 0 Å². The highest BCUT2D eigenvalue weighted by atomic mass is 19.4. The second-order valence-corrected chi connectivity index (χ2v) is 6.33. The molecule has 0 aliphatic carbocycles. The molecule has 1 fully saturated rings. The summed E-state index contributed by atoms with van der Waals surface area (Å²) in [5.74, 6) is -0.751. The predicted molar refractivity (Wildman–Crippen MR) is 89.1 cm³/mol. The van der Waals surface area contributed by atoms with Gasteiger partial charge in [-0.25, -0.2) is 0 Å². The van der Waals surface area contributed by atoms with E-state index in [0.717, 1.165) is 11.8 Å². The van der Waals surface area contributed by atoms with Crippen LogP contribution in [0.25, 0.3) is 0 Å². The normalized spacial score (nSPS) is 21.4. The van der Waals surface area contributed by atoms with Crippen LogP contribution in [-0.4, -0.2) is 29.0 Å². The van der Waals surface area contributed by atoms with Crippen molar-refractivity contribution in [3.8, 4) is 0 Å². The average molecular weight is 364 g/mol. The minimum atomic E-state index is -4.47. The molecule has 0 spiro atoms. The van der Waals surface area contributed by atoms with E-state index in [1.165, 1.54) is 12.3 Å². The van der Waals surface area contributed by atoms with E-state index < -0.39 is 11.9 Å². The van der Waals surface area contributed by atoms with Crippen LogP contribution in [0.4, 0.5) is 13.2 Å². The van der Waals surface area contributed by atoms with Crippen LogP contribution in [0.3, 0.4) is 0 Å². The van der Waals surface area contributed by atoms with E-state index in [9.17, 15) is 18.0 Å². The number of hydrogen-bond donors (Lipinski definition) is 2. The lowest BCUT2D eigenvalue weighted by molar-refractivity contribution is -0.141. The Morgan fingerprint density at radius 2 is 2.04 bits per heavy atom. The second-order valence-electron chi connectivity index (χ2n) is 6.33. The van der Waals surface area contributed by atoms with Crippen molar-refractivity contribution in [2.75, 3.05) is 13.1 Å². The van der Waals surface area contributed by atoms with Gasteiger partial charge in [0, 0.05) is 31.4 Å². The summed E-state index contributed by atoms with van der Waals surface area (Å²) in [5, 5.41) is 6.06. The van der Waals surface area contributed by atoms with Gasteiger partial charge in [-0.05, 0) is 30.7 Å². The highest BCUT2D eigenvalue weighted by molar-refractivity contribution is 5.80. The molecule has 1 amide bonds. The minimum absolute atomic E-state index is 0.155. The maximum atomic E-state index is 12.7. The molecule has 3 rings (SSSR count). The van der Waals surface area contributed by atoms with E-state index >= 15 is 0 Å². The molecule has 8 heteroatoms. The Morgan fingerprint density at radius 1 is 1.23 bits per heavy atom. The van der Waals surface area contributed by atoms with Crippen molar-refractivity contribution in [2.45, 2.75) is 25.1 Å². The third-order valence-corrected chi connectivity index (χ3v) is 4.55. The topological polar surface area (TPSA) is 66.9 Å². The summed E-state index contributed by atoms with van der Waals surface area (Å²) in [6.45, 7) is 2.83. The molecular weight excluding hydrogens is 345 g/mol. The van der Waals surface area contributed by atoms with Crippen molar-refractivity contribution in [1.29, 1.82) is 0 Å². The number of rotatable bonds is 4. The third kappa shape index (κ3) is 4.01. The van der Waals surface area contributed by atoms with Gasteiger partial charge in [0.15, 0.2) is 0 Å². The molecule has 1 aliphatic heterocycles. The molecule has 0 aromatic carbocycles. The highest BCUT2D eigenvalue weighted by Gasteiger charge is 2.36. The van der Waals surface area contributed by atoms with Gasteiger partial charge in [0.1, 0.15) is 5.69 Å². The summed E-state index contributed by atoms with van der Waals surface area (Å²) < 4.78 is 38.0. The first kappa shape index (κ1) is 18.3. The number of amides is 1. The van der Waals surface area contributed by atoms with E-state index in [0.29, 0.717) is 18.7 Å². The molecule has 0 saturated carbocycles. The quantitative estimate of drug-likeness (QED) is 0.875. The molecule has 26 heavy (non-hydrogen) atoms. The number of nitrogens with zero attached hydrogens (tertiary/aromatic N) is 2. The van der Waals surface area contributed by atoms with E-state index in [4.69, 9.17) is 0 Å². The van der Waals surface area contributed by atoms with Crippen LogP contribution in [0.1, 0.15) is 35.8 Å². The van der Waals surface area contributed by atoms with Crippen molar-refractivity contribution in [2.24, 2.45) is 5.92 Å². The number of alkyl halides is 3. The van der Waals surface area contributed by atoms with Gasteiger partial charge in [0.05, 0.1) is 17.7 Å². The molecule has 2 aromatic heterocycles. The van der Waals surface area contributed by atoms with Gasteiger partial charge in [-0.1, -0.05) is 12.1 Å². The van der Waals surface area contributed by atoms with Gasteiger partial charge in [-0.3, -0.25) is 14.8 Å². The molecule has 3 heterocycles. The van der Waals surface area contributed by atoms with E-state index in [-0.39, 0.29) is 23.8 Å². The zero-order chi connectivity index (χ0) is 18.7. The summed E-state index contributed by atoms with van der Waals surface area (Å²) in [5.41, 5.74) is 0.435. The first-order valence-electron chi connectivity index (χ1n) is 8.31. The number of halogens is 3. The monoisotopic (exact) mass is 364 g/mol. The van der Waals surface area contributed by atoms with Gasteiger partial charge in [-0.2, -0.15) is 13.2 Å². The lowest BCUT2D eigenvalue weighted by Crippen LogP contribution is -2.36. The van der Waals surface area contributed by atoms with Gasteiger partial charge >= 0.3 is 6.18 Å². The van der Waals surface area contributed by atoms with Gasteiger partial charge in [0.25, 0.3) is 0 Å². The summed E-state index contributed by atoms with van der Waals surface area (Å²) in [4.78, 5) is 20.4. The van der Waals surface area contributed by atoms with Crippen molar-refractivity contribution >= 4 is 5.91 Å². The van der Waals surface area contributed by atoms with Crippen molar-refractivity contribution in [3.05, 3.63) is 59.7 Å². The van der Waals surface area contributed by atoms with Crippen LogP contribution in [-0.2, 0) is 11.0 Å². The Labute approximate surface area is 149 Å². The molecule has 2 N–H and O–H groups in total. The van der Waals surface area contributed by atoms with Crippen LogP contribution < -0.4 is 10.6 Å². The molecule has 2 aromatic rings. The largest absolute Gasteiger partial charge is 0.433 e. The predicted octanol–water partition coefficient (Wildman–Crippen LogP) is 2.68. The Balaban J connectivity index is 1.70. The smallest absolute Gasteiger partial charge is 0.348 e. The maximum absolute atomic E-state index is 12.7. The fourth-order valence-electron chi connectivity index (χ4n) is 3.12.